The number of halogens is 1. The van der Waals surface area contributed by atoms with E-state index < -0.39 is 0 Å². The van der Waals surface area contributed by atoms with Gasteiger partial charge in [-0.15, -0.1) is 0 Å². The first-order chi connectivity index (χ1) is 7.77. The predicted molar refractivity (Wildman–Crippen MR) is 69.7 cm³/mol. The lowest BCUT2D eigenvalue weighted by atomic mass is 10.1. The van der Waals surface area contributed by atoms with E-state index in [-0.39, 0.29) is 5.91 Å². The minimum atomic E-state index is -0.0156. The number of rotatable bonds is 6. The molecule has 0 heterocycles. The van der Waals surface area contributed by atoms with Crippen molar-refractivity contribution in [2.75, 3.05) is 13.1 Å². The van der Waals surface area contributed by atoms with Crippen molar-refractivity contribution in [3.05, 3.63) is 35.4 Å². The fourth-order valence-electron chi connectivity index (χ4n) is 1.32. The van der Waals surface area contributed by atoms with Gasteiger partial charge < -0.3 is 11.1 Å². The number of carbonyl (C=O) groups is 1. The maximum absolute atomic E-state index is 11.7. The fourth-order valence-corrected chi connectivity index (χ4v) is 1.69. The molecule has 0 fully saturated rings. The van der Waals surface area contributed by atoms with E-state index in [2.05, 4.69) is 21.2 Å². The Morgan fingerprint density at radius 2 is 1.94 bits per heavy atom. The third-order valence-corrected chi connectivity index (χ3v) is 2.93. The second-order valence-electron chi connectivity index (χ2n) is 3.58. The SMILES string of the molecule is NCCCCNC(=O)c1ccc(CBr)cc1. The molecule has 3 N–H and O–H groups in total. The minimum Gasteiger partial charge on any atom is -0.352 e. The predicted octanol–water partition coefficient (Wildman–Crippen LogP) is 2.05. The lowest BCUT2D eigenvalue weighted by molar-refractivity contribution is 0.0953. The molecule has 0 aliphatic carbocycles. The first-order valence-electron chi connectivity index (χ1n) is 5.41. The average molecular weight is 285 g/mol. The third kappa shape index (κ3) is 4.33. The molecule has 0 saturated carbocycles. The van der Waals surface area contributed by atoms with Crippen LogP contribution in [-0.4, -0.2) is 19.0 Å². The van der Waals surface area contributed by atoms with Crippen LogP contribution in [-0.2, 0) is 5.33 Å². The highest BCUT2D eigenvalue weighted by molar-refractivity contribution is 9.08. The van der Waals surface area contributed by atoms with Crippen molar-refractivity contribution in [1.82, 2.24) is 5.32 Å². The Bertz CT molecular complexity index is 324. The summed E-state index contributed by atoms with van der Waals surface area (Å²) in [6.07, 6.45) is 1.88. The molecule has 88 valence electrons. The van der Waals surface area contributed by atoms with E-state index in [1.54, 1.807) is 0 Å². The Morgan fingerprint density at radius 1 is 1.25 bits per heavy atom. The number of amides is 1. The van der Waals surface area contributed by atoms with E-state index in [0.29, 0.717) is 18.7 Å². The van der Waals surface area contributed by atoms with Gasteiger partial charge >= 0.3 is 0 Å². The second kappa shape index (κ2) is 7.41. The molecule has 3 nitrogen and oxygen atoms in total. The maximum Gasteiger partial charge on any atom is 0.251 e. The molecule has 0 aliphatic heterocycles. The van der Waals surface area contributed by atoms with Crippen LogP contribution in [0.4, 0.5) is 0 Å². The topological polar surface area (TPSA) is 55.1 Å². The van der Waals surface area contributed by atoms with Crippen molar-refractivity contribution in [3.63, 3.8) is 0 Å². The molecule has 1 rings (SSSR count). The van der Waals surface area contributed by atoms with Crippen LogP contribution in [0.25, 0.3) is 0 Å². The summed E-state index contributed by atoms with van der Waals surface area (Å²) in [5.74, 6) is -0.0156. The largest absolute Gasteiger partial charge is 0.352 e. The van der Waals surface area contributed by atoms with Crippen LogP contribution >= 0.6 is 15.9 Å². The highest BCUT2D eigenvalue weighted by atomic mass is 79.9. The Balaban J connectivity index is 2.40. The first kappa shape index (κ1) is 13.2. The highest BCUT2D eigenvalue weighted by Crippen LogP contribution is 2.07. The summed E-state index contributed by atoms with van der Waals surface area (Å²) < 4.78 is 0. The van der Waals surface area contributed by atoms with Crippen LogP contribution in [0, 0.1) is 0 Å². The number of nitrogens with two attached hydrogens (primary N) is 1. The van der Waals surface area contributed by atoms with Gasteiger partial charge in [0.15, 0.2) is 0 Å². The summed E-state index contributed by atoms with van der Waals surface area (Å²) in [6, 6.07) is 7.58. The van der Waals surface area contributed by atoms with E-state index in [4.69, 9.17) is 5.73 Å². The summed E-state index contributed by atoms with van der Waals surface area (Å²) >= 11 is 3.37. The summed E-state index contributed by atoms with van der Waals surface area (Å²) in [4.78, 5) is 11.7. The van der Waals surface area contributed by atoms with Gasteiger partial charge in [0.25, 0.3) is 5.91 Å². The van der Waals surface area contributed by atoms with Gasteiger partial charge in [0.2, 0.25) is 0 Å². The molecule has 0 bridgehead atoms. The molecule has 1 amide bonds. The molecule has 0 radical (unpaired) electrons. The number of alkyl halides is 1. The molecule has 0 atom stereocenters. The monoisotopic (exact) mass is 284 g/mol. The minimum absolute atomic E-state index is 0.0156. The Morgan fingerprint density at radius 3 is 2.50 bits per heavy atom. The van der Waals surface area contributed by atoms with Crippen molar-refractivity contribution < 1.29 is 4.79 Å². The van der Waals surface area contributed by atoms with Gasteiger partial charge in [0, 0.05) is 17.4 Å². The van der Waals surface area contributed by atoms with Gasteiger partial charge in [-0.1, -0.05) is 28.1 Å². The number of carbonyl (C=O) groups excluding carboxylic acids is 1. The highest BCUT2D eigenvalue weighted by Gasteiger charge is 2.03. The van der Waals surface area contributed by atoms with Gasteiger partial charge in [-0.2, -0.15) is 0 Å². The van der Waals surface area contributed by atoms with Crippen molar-refractivity contribution in [1.29, 1.82) is 0 Å². The molecule has 0 saturated heterocycles. The molecule has 0 spiro atoms. The molecular weight excluding hydrogens is 268 g/mol. The van der Waals surface area contributed by atoms with Gasteiger partial charge in [-0.25, -0.2) is 0 Å². The molecular formula is C12H17BrN2O. The lowest BCUT2D eigenvalue weighted by Crippen LogP contribution is -2.24. The summed E-state index contributed by atoms with van der Waals surface area (Å²) in [5, 5.41) is 3.68. The van der Waals surface area contributed by atoms with Crippen molar-refractivity contribution in [3.8, 4) is 0 Å². The maximum atomic E-state index is 11.7. The molecule has 0 unspecified atom stereocenters. The average Bonchev–Trinajstić information content (AvgIpc) is 2.34. The lowest BCUT2D eigenvalue weighted by Gasteiger charge is -2.05. The second-order valence-corrected chi connectivity index (χ2v) is 4.14. The number of nitrogens with one attached hydrogen (secondary N) is 1. The normalized spacial score (nSPS) is 10.1. The van der Waals surface area contributed by atoms with Gasteiger partial charge in [-0.3, -0.25) is 4.79 Å². The van der Waals surface area contributed by atoms with Crippen LogP contribution in [0.2, 0.25) is 0 Å². The van der Waals surface area contributed by atoms with Crippen LogP contribution < -0.4 is 11.1 Å². The van der Waals surface area contributed by atoms with E-state index in [1.807, 2.05) is 24.3 Å². The Hall–Kier alpha value is -0.870. The first-order valence-corrected chi connectivity index (χ1v) is 6.53. The van der Waals surface area contributed by atoms with Gasteiger partial charge in [0.1, 0.15) is 0 Å². The van der Waals surface area contributed by atoms with Crippen LogP contribution in [0.1, 0.15) is 28.8 Å². The van der Waals surface area contributed by atoms with E-state index in [1.165, 1.54) is 5.56 Å². The molecule has 0 aromatic heterocycles. The van der Waals surface area contributed by atoms with Crippen molar-refractivity contribution >= 4 is 21.8 Å². The van der Waals surface area contributed by atoms with E-state index in [0.717, 1.165) is 18.2 Å². The fraction of sp³-hybridized carbons (Fsp3) is 0.417. The zero-order chi connectivity index (χ0) is 11.8. The van der Waals surface area contributed by atoms with Crippen LogP contribution in [0.5, 0.6) is 0 Å². The van der Waals surface area contributed by atoms with Crippen LogP contribution in [0.3, 0.4) is 0 Å². The number of unbranched alkanes of at least 4 members (excludes halogenated alkanes) is 1. The third-order valence-electron chi connectivity index (χ3n) is 2.29. The molecule has 4 heteroatoms. The Kier molecular flexibility index (Phi) is 6.11. The van der Waals surface area contributed by atoms with E-state index >= 15 is 0 Å². The molecule has 1 aromatic carbocycles. The molecule has 1 aromatic rings. The van der Waals surface area contributed by atoms with Gasteiger partial charge in [0.05, 0.1) is 0 Å². The standard InChI is InChI=1S/C12H17BrN2O/c13-9-10-3-5-11(6-4-10)12(16)15-8-2-1-7-14/h3-6H,1-2,7-9,14H2,(H,15,16). The van der Waals surface area contributed by atoms with Crippen molar-refractivity contribution in [2.24, 2.45) is 5.73 Å². The van der Waals surface area contributed by atoms with Gasteiger partial charge in [-0.05, 0) is 37.1 Å². The number of benzene rings is 1. The number of hydrogen-bond acceptors (Lipinski definition) is 2. The summed E-state index contributed by atoms with van der Waals surface area (Å²) in [6.45, 7) is 1.37. The zero-order valence-corrected chi connectivity index (χ0v) is 10.8. The smallest absolute Gasteiger partial charge is 0.251 e. The van der Waals surface area contributed by atoms with Crippen LogP contribution in [0.15, 0.2) is 24.3 Å². The van der Waals surface area contributed by atoms with Crippen molar-refractivity contribution in [2.45, 2.75) is 18.2 Å². The quantitative estimate of drug-likeness (QED) is 0.621. The Labute approximate surface area is 105 Å². The zero-order valence-electron chi connectivity index (χ0n) is 9.21. The summed E-state index contributed by atoms with van der Waals surface area (Å²) in [5.41, 5.74) is 7.24. The van der Waals surface area contributed by atoms with E-state index in [9.17, 15) is 4.79 Å². The molecule has 16 heavy (non-hydrogen) atoms. The number of hydrogen-bond donors (Lipinski definition) is 2. The summed E-state index contributed by atoms with van der Waals surface area (Å²) in [7, 11) is 0. The molecule has 0 aliphatic rings.